The summed E-state index contributed by atoms with van der Waals surface area (Å²) in [5, 5.41) is 13.4. The molecule has 0 unspecified atom stereocenters. The number of aromatic nitrogens is 3. The molecule has 0 aliphatic carbocycles. The highest BCUT2D eigenvalue weighted by atomic mass is 35.5. The molecular weight excluding hydrogens is 212 g/mol. The first kappa shape index (κ1) is 9.69. The zero-order valence-electron chi connectivity index (χ0n) is 7.98. The number of nitriles is 1. The molecule has 1 aromatic heterocycles. The molecule has 0 fully saturated rings. The van der Waals surface area contributed by atoms with Gasteiger partial charge in [-0.2, -0.15) is 5.26 Å². The van der Waals surface area contributed by atoms with Gasteiger partial charge < -0.3 is 0 Å². The first-order valence-electron chi connectivity index (χ1n) is 4.30. The van der Waals surface area contributed by atoms with Gasteiger partial charge in [0, 0.05) is 5.02 Å². The maximum Gasteiger partial charge on any atom is 0.252 e. The van der Waals surface area contributed by atoms with Crippen molar-refractivity contribution in [2.75, 3.05) is 0 Å². The molecule has 4 nitrogen and oxygen atoms in total. The van der Waals surface area contributed by atoms with Crippen LogP contribution in [-0.4, -0.2) is 14.8 Å². The summed E-state index contributed by atoms with van der Waals surface area (Å²) in [6.45, 7) is 1.79. The summed E-state index contributed by atoms with van der Waals surface area (Å²) in [4.78, 5) is 3.99. The van der Waals surface area contributed by atoms with Gasteiger partial charge in [-0.1, -0.05) is 11.6 Å². The van der Waals surface area contributed by atoms with E-state index in [1.54, 1.807) is 23.7 Å². The smallest absolute Gasteiger partial charge is 0.217 e. The molecular formula is C10H7ClN4. The highest BCUT2D eigenvalue weighted by Crippen LogP contribution is 2.13. The molecule has 0 saturated carbocycles. The van der Waals surface area contributed by atoms with Gasteiger partial charge in [0.2, 0.25) is 0 Å². The van der Waals surface area contributed by atoms with E-state index in [1.165, 1.54) is 0 Å². The molecule has 0 aliphatic rings. The van der Waals surface area contributed by atoms with E-state index in [2.05, 4.69) is 10.1 Å². The van der Waals surface area contributed by atoms with E-state index >= 15 is 0 Å². The van der Waals surface area contributed by atoms with Gasteiger partial charge in [0.1, 0.15) is 11.9 Å². The SMILES string of the molecule is Cc1nc(C#N)nn1-c1ccc(Cl)cc1. The van der Waals surface area contributed by atoms with Gasteiger partial charge in [-0.25, -0.2) is 9.67 Å². The van der Waals surface area contributed by atoms with E-state index in [0.717, 1.165) is 5.69 Å². The molecule has 15 heavy (non-hydrogen) atoms. The Kier molecular flexibility index (Phi) is 2.40. The lowest BCUT2D eigenvalue weighted by molar-refractivity contribution is 0.837. The second-order valence-corrected chi connectivity index (χ2v) is 3.42. The van der Waals surface area contributed by atoms with Crippen molar-refractivity contribution < 1.29 is 0 Å². The van der Waals surface area contributed by atoms with Gasteiger partial charge in [-0.3, -0.25) is 0 Å². The highest BCUT2D eigenvalue weighted by Gasteiger charge is 2.06. The van der Waals surface area contributed by atoms with Crippen LogP contribution in [0.3, 0.4) is 0 Å². The Labute approximate surface area is 91.7 Å². The number of hydrogen-bond donors (Lipinski definition) is 0. The van der Waals surface area contributed by atoms with Crippen molar-refractivity contribution in [3.8, 4) is 11.8 Å². The van der Waals surface area contributed by atoms with Crippen molar-refractivity contribution in [2.45, 2.75) is 6.92 Å². The summed E-state index contributed by atoms with van der Waals surface area (Å²) in [7, 11) is 0. The van der Waals surface area contributed by atoms with Crippen LogP contribution in [0.25, 0.3) is 5.69 Å². The Morgan fingerprint density at radius 2 is 2.00 bits per heavy atom. The minimum absolute atomic E-state index is 0.169. The van der Waals surface area contributed by atoms with Gasteiger partial charge in [0.25, 0.3) is 5.82 Å². The van der Waals surface area contributed by atoms with Crippen LogP contribution >= 0.6 is 11.6 Å². The number of benzene rings is 1. The topological polar surface area (TPSA) is 54.5 Å². The lowest BCUT2D eigenvalue weighted by Gasteiger charge is -2.01. The fourth-order valence-corrected chi connectivity index (χ4v) is 1.39. The minimum Gasteiger partial charge on any atom is -0.217 e. The van der Waals surface area contributed by atoms with Crippen molar-refractivity contribution in [1.82, 2.24) is 14.8 Å². The van der Waals surface area contributed by atoms with E-state index in [1.807, 2.05) is 18.2 Å². The Balaban J connectivity index is 2.50. The third-order valence-electron chi connectivity index (χ3n) is 1.94. The van der Waals surface area contributed by atoms with E-state index in [0.29, 0.717) is 10.8 Å². The molecule has 2 aromatic rings. The molecule has 74 valence electrons. The normalized spacial score (nSPS) is 9.93. The number of hydrogen-bond acceptors (Lipinski definition) is 3. The molecule has 5 heteroatoms. The Hall–Kier alpha value is -1.86. The number of halogens is 1. The van der Waals surface area contributed by atoms with Gasteiger partial charge in [0.05, 0.1) is 5.69 Å². The lowest BCUT2D eigenvalue weighted by Crippen LogP contribution is -1.98. The molecule has 0 atom stereocenters. The van der Waals surface area contributed by atoms with E-state index in [-0.39, 0.29) is 5.82 Å². The number of aryl methyl sites for hydroxylation is 1. The predicted octanol–water partition coefficient (Wildman–Crippen LogP) is 2.10. The summed E-state index contributed by atoms with van der Waals surface area (Å²) in [5.74, 6) is 0.844. The van der Waals surface area contributed by atoms with Crippen molar-refractivity contribution in [1.29, 1.82) is 5.26 Å². The molecule has 1 aromatic carbocycles. The number of rotatable bonds is 1. The Morgan fingerprint density at radius 1 is 1.33 bits per heavy atom. The molecule has 0 N–H and O–H groups in total. The van der Waals surface area contributed by atoms with Gasteiger partial charge in [-0.15, -0.1) is 5.10 Å². The van der Waals surface area contributed by atoms with E-state index in [9.17, 15) is 0 Å². The van der Waals surface area contributed by atoms with Crippen molar-refractivity contribution in [2.24, 2.45) is 0 Å². The van der Waals surface area contributed by atoms with Crippen LogP contribution in [0.15, 0.2) is 24.3 Å². The minimum atomic E-state index is 0.169. The van der Waals surface area contributed by atoms with Crippen LogP contribution in [0.5, 0.6) is 0 Å². The average molecular weight is 219 g/mol. The monoisotopic (exact) mass is 218 g/mol. The zero-order valence-corrected chi connectivity index (χ0v) is 8.73. The molecule has 0 amide bonds. The van der Waals surface area contributed by atoms with E-state index < -0.39 is 0 Å². The Bertz CT molecular complexity index is 521. The van der Waals surface area contributed by atoms with Crippen LogP contribution < -0.4 is 0 Å². The summed E-state index contributed by atoms with van der Waals surface area (Å²) >= 11 is 5.77. The van der Waals surface area contributed by atoms with Crippen LogP contribution in [-0.2, 0) is 0 Å². The molecule has 0 saturated heterocycles. The quantitative estimate of drug-likeness (QED) is 0.737. The largest absolute Gasteiger partial charge is 0.252 e. The van der Waals surface area contributed by atoms with Gasteiger partial charge in [0.15, 0.2) is 0 Å². The Morgan fingerprint density at radius 3 is 2.53 bits per heavy atom. The molecule has 2 rings (SSSR count). The third kappa shape index (κ3) is 1.83. The zero-order chi connectivity index (χ0) is 10.8. The first-order valence-corrected chi connectivity index (χ1v) is 4.68. The van der Waals surface area contributed by atoms with Crippen LogP contribution in [0, 0.1) is 18.3 Å². The fourth-order valence-electron chi connectivity index (χ4n) is 1.26. The summed E-state index contributed by atoms with van der Waals surface area (Å²) in [6, 6.07) is 9.09. The van der Waals surface area contributed by atoms with Crippen LogP contribution in [0.1, 0.15) is 11.6 Å². The average Bonchev–Trinajstić information content (AvgIpc) is 2.61. The maximum atomic E-state index is 8.66. The molecule has 0 radical (unpaired) electrons. The summed E-state index contributed by atoms with van der Waals surface area (Å²) in [5.41, 5.74) is 0.839. The van der Waals surface area contributed by atoms with Gasteiger partial charge in [-0.05, 0) is 31.2 Å². The first-order chi connectivity index (χ1) is 7.20. The third-order valence-corrected chi connectivity index (χ3v) is 2.19. The van der Waals surface area contributed by atoms with Crippen molar-refractivity contribution in [3.63, 3.8) is 0 Å². The van der Waals surface area contributed by atoms with Crippen molar-refractivity contribution in [3.05, 3.63) is 40.9 Å². The maximum absolute atomic E-state index is 8.66. The standard InChI is InChI=1S/C10H7ClN4/c1-7-13-10(6-12)14-15(7)9-4-2-8(11)3-5-9/h2-5H,1H3. The second kappa shape index (κ2) is 3.71. The van der Waals surface area contributed by atoms with Crippen molar-refractivity contribution >= 4 is 11.6 Å². The second-order valence-electron chi connectivity index (χ2n) is 2.98. The van der Waals surface area contributed by atoms with Crippen LogP contribution in [0.4, 0.5) is 0 Å². The molecule has 0 aliphatic heterocycles. The number of nitrogens with zero attached hydrogens (tertiary/aromatic N) is 4. The predicted molar refractivity (Wildman–Crippen MR) is 55.8 cm³/mol. The van der Waals surface area contributed by atoms with Gasteiger partial charge >= 0.3 is 0 Å². The molecule has 0 bridgehead atoms. The highest BCUT2D eigenvalue weighted by molar-refractivity contribution is 6.30. The lowest BCUT2D eigenvalue weighted by atomic mass is 10.3. The summed E-state index contributed by atoms with van der Waals surface area (Å²) in [6.07, 6.45) is 0. The van der Waals surface area contributed by atoms with E-state index in [4.69, 9.17) is 16.9 Å². The molecule has 1 heterocycles. The molecule has 0 spiro atoms. The summed E-state index contributed by atoms with van der Waals surface area (Å²) < 4.78 is 1.61. The van der Waals surface area contributed by atoms with Crippen LogP contribution in [0.2, 0.25) is 5.02 Å². The fraction of sp³-hybridized carbons (Fsp3) is 0.100.